The summed E-state index contributed by atoms with van der Waals surface area (Å²) in [7, 11) is 3.19. The number of nitrogens with zero attached hydrogens (tertiary/aromatic N) is 3. The van der Waals surface area contributed by atoms with Crippen molar-refractivity contribution in [2.24, 2.45) is 10.9 Å². The normalized spacial score (nSPS) is 21.8. The number of carbonyl (C=O) groups excluding carboxylic acids is 2. The van der Waals surface area contributed by atoms with Crippen molar-refractivity contribution in [1.82, 2.24) is 15.1 Å². The zero-order chi connectivity index (χ0) is 18.2. The highest BCUT2D eigenvalue weighted by Crippen LogP contribution is 2.19. The molecule has 0 aromatic carbocycles. The van der Waals surface area contributed by atoms with Gasteiger partial charge in [0.25, 0.3) is 0 Å². The molecule has 1 amide bonds. The van der Waals surface area contributed by atoms with E-state index < -0.39 is 0 Å². The molecule has 2 aliphatic heterocycles. The summed E-state index contributed by atoms with van der Waals surface area (Å²) >= 11 is 0. The summed E-state index contributed by atoms with van der Waals surface area (Å²) in [5.74, 6) is 0.896. The highest BCUT2D eigenvalue weighted by atomic mass is 127. The molecule has 26 heavy (non-hydrogen) atoms. The van der Waals surface area contributed by atoms with Crippen molar-refractivity contribution in [1.29, 1.82) is 0 Å². The van der Waals surface area contributed by atoms with Crippen molar-refractivity contribution in [3.8, 4) is 0 Å². The summed E-state index contributed by atoms with van der Waals surface area (Å²) in [4.78, 5) is 32.5. The Labute approximate surface area is 173 Å². The molecule has 2 fully saturated rings. The van der Waals surface area contributed by atoms with Crippen molar-refractivity contribution in [2.45, 2.75) is 51.5 Å². The SMILES string of the molecule is CN=C(NCCC(=O)N1CCCCC1C)N1CCC(C(=O)OC)CC1.I. The monoisotopic (exact) mass is 480 g/mol. The Morgan fingerprint density at radius 3 is 2.42 bits per heavy atom. The molecule has 2 aliphatic rings. The zero-order valence-corrected chi connectivity index (χ0v) is 18.5. The molecular weight excluding hydrogens is 447 g/mol. The van der Waals surface area contributed by atoms with E-state index in [2.05, 4.69) is 22.1 Å². The maximum atomic E-state index is 12.4. The zero-order valence-electron chi connectivity index (χ0n) is 16.2. The molecule has 0 spiro atoms. The number of esters is 1. The van der Waals surface area contributed by atoms with Gasteiger partial charge in [-0.2, -0.15) is 0 Å². The lowest BCUT2D eigenvalue weighted by atomic mass is 9.97. The molecule has 2 saturated heterocycles. The Morgan fingerprint density at radius 2 is 1.85 bits per heavy atom. The van der Waals surface area contributed by atoms with Crippen LogP contribution in [0.25, 0.3) is 0 Å². The lowest BCUT2D eigenvalue weighted by Gasteiger charge is -2.34. The topological polar surface area (TPSA) is 74.2 Å². The second-order valence-corrected chi connectivity index (χ2v) is 6.94. The van der Waals surface area contributed by atoms with Gasteiger partial charge in [-0.25, -0.2) is 0 Å². The second kappa shape index (κ2) is 11.6. The first-order chi connectivity index (χ1) is 12.1. The van der Waals surface area contributed by atoms with Crippen LogP contribution < -0.4 is 5.32 Å². The lowest BCUT2D eigenvalue weighted by Crippen LogP contribution is -2.48. The van der Waals surface area contributed by atoms with Crippen LogP contribution in [-0.2, 0) is 14.3 Å². The number of halogens is 1. The van der Waals surface area contributed by atoms with Crippen molar-refractivity contribution in [3.05, 3.63) is 0 Å². The van der Waals surface area contributed by atoms with Crippen LogP contribution in [0.15, 0.2) is 4.99 Å². The second-order valence-electron chi connectivity index (χ2n) is 6.94. The Kier molecular flexibility index (Phi) is 10.3. The molecule has 2 heterocycles. The van der Waals surface area contributed by atoms with E-state index in [9.17, 15) is 9.59 Å². The fourth-order valence-electron chi connectivity index (χ4n) is 3.72. The maximum absolute atomic E-state index is 12.4. The number of likely N-dealkylation sites (tertiary alicyclic amines) is 2. The number of nitrogens with one attached hydrogen (secondary N) is 1. The van der Waals surface area contributed by atoms with Crippen LogP contribution >= 0.6 is 24.0 Å². The van der Waals surface area contributed by atoms with E-state index in [4.69, 9.17) is 4.74 Å². The number of hydrogen-bond donors (Lipinski definition) is 1. The molecule has 2 rings (SSSR count). The summed E-state index contributed by atoms with van der Waals surface area (Å²) in [5.41, 5.74) is 0. The number of amides is 1. The smallest absolute Gasteiger partial charge is 0.308 e. The Hall–Kier alpha value is -1.06. The van der Waals surface area contributed by atoms with E-state index in [-0.39, 0.29) is 41.8 Å². The highest BCUT2D eigenvalue weighted by molar-refractivity contribution is 14.0. The van der Waals surface area contributed by atoms with Gasteiger partial charge in [0.15, 0.2) is 5.96 Å². The van der Waals surface area contributed by atoms with E-state index in [1.165, 1.54) is 13.5 Å². The van der Waals surface area contributed by atoms with Crippen molar-refractivity contribution >= 4 is 41.8 Å². The van der Waals surface area contributed by atoms with Gasteiger partial charge in [0.05, 0.1) is 13.0 Å². The highest BCUT2D eigenvalue weighted by Gasteiger charge is 2.27. The fourth-order valence-corrected chi connectivity index (χ4v) is 3.72. The number of rotatable bonds is 4. The summed E-state index contributed by atoms with van der Waals surface area (Å²) < 4.78 is 4.82. The number of hydrogen-bond acceptors (Lipinski definition) is 4. The van der Waals surface area contributed by atoms with E-state index in [0.29, 0.717) is 19.0 Å². The Balaban J connectivity index is 0.00000338. The van der Waals surface area contributed by atoms with Gasteiger partial charge in [-0.3, -0.25) is 14.6 Å². The summed E-state index contributed by atoms with van der Waals surface area (Å²) in [6.07, 6.45) is 5.48. The van der Waals surface area contributed by atoms with Gasteiger partial charge in [-0.05, 0) is 39.0 Å². The van der Waals surface area contributed by atoms with E-state index >= 15 is 0 Å². The fraction of sp³-hybridized carbons (Fsp3) is 0.833. The Morgan fingerprint density at radius 1 is 1.15 bits per heavy atom. The number of ether oxygens (including phenoxy) is 1. The molecule has 8 heteroatoms. The number of methoxy groups -OCH3 is 1. The first-order valence-corrected chi connectivity index (χ1v) is 9.39. The third-order valence-corrected chi connectivity index (χ3v) is 5.29. The van der Waals surface area contributed by atoms with Crippen LogP contribution in [0.2, 0.25) is 0 Å². The van der Waals surface area contributed by atoms with Gasteiger partial charge in [0, 0.05) is 45.7 Å². The molecule has 1 unspecified atom stereocenters. The summed E-state index contributed by atoms with van der Waals surface area (Å²) in [5, 5.41) is 3.29. The van der Waals surface area contributed by atoms with Gasteiger partial charge in [-0.15, -0.1) is 24.0 Å². The average Bonchev–Trinajstić information content (AvgIpc) is 2.65. The van der Waals surface area contributed by atoms with E-state index in [1.54, 1.807) is 7.05 Å². The predicted molar refractivity (Wildman–Crippen MR) is 113 cm³/mol. The molecule has 0 saturated carbocycles. The minimum absolute atomic E-state index is 0. The van der Waals surface area contributed by atoms with Crippen LogP contribution in [0.3, 0.4) is 0 Å². The van der Waals surface area contributed by atoms with Crippen LogP contribution in [0.5, 0.6) is 0 Å². The van der Waals surface area contributed by atoms with Crippen LogP contribution in [0, 0.1) is 5.92 Å². The summed E-state index contributed by atoms with van der Waals surface area (Å²) in [6, 6.07) is 0.359. The van der Waals surface area contributed by atoms with E-state index in [0.717, 1.165) is 51.3 Å². The largest absolute Gasteiger partial charge is 0.469 e. The number of aliphatic imine (C=N–C) groups is 1. The molecule has 1 atom stereocenters. The molecule has 1 N–H and O–H groups in total. The number of piperidine rings is 2. The van der Waals surface area contributed by atoms with Gasteiger partial charge in [0.2, 0.25) is 5.91 Å². The number of guanidine groups is 1. The molecule has 0 aromatic heterocycles. The molecular formula is C18H33IN4O3. The first-order valence-electron chi connectivity index (χ1n) is 9.39. The Bertz CT molecular complexity index is 493. The third kappa shape index (κ3) is 6.28. The maximum Gasteiger partial charge on any atom is 0.308 e. The van der Waals surface area contributed by atoms with Crippen molar-refractivity contribution in [3.63, 3.8) is 0 Å². The lowest BCUT2D eigenvalue weighted by molar-refractivity contribution is -0.146. The van der Waals surface area contributed by atoms with Crippen LogP contribution in [-0.4, -0.2) is 74.0 Å². The molecule has 150 valence electrons. The average molecular weight is 480 g/mol. The van der Waals surface area contributed by atoms with Gasteiger partial charge in [-0.1, -0.05) is 0 Å². The quantitative estimate of drug-likeness (QED) is 0.288. The van der Waals surface area contributed by atoms with Crippen LogP contribution in [0.1, 0.15) is 45.4 Å². The minimum atomic E-state index is -0.121. The van der Waals surface area contributed by atoms with Gasteiger partial charge in [0.1, 0.15) is 0 Å². The first kappa shape index (κ1) is 23.0. The molecule has 0 aromatic rings. The van der Waals surface area contributed by atoms with Crippen LogP contribution in [0.4, 0.5) is 0 Å². The van der Waals surface area contributed by atoms with E-state index in [1.807, 2.05) is 4.90 Å². The molecule has 0 aliphatic carbocycles. The molecule has 0 bridgehead atoms. The van der Waals surface area contributed by atoms with Gasteiger partial charge < -0.3 is 19.9 Å². The van der Waals surface area contributed by atoms with Crippen molar-refractivity contribution in [2.75, 3.05) is 40.3 Å². The predicted octanol–water partition coefficient (Wildman–Crippen LogP) is 1.86. The minimum Gasteiger partial charge on any atom is -0.469 e. The third-order valence-electron chi connectivity index (χ3n) is 5.29. The van der Waals surface area contributed by atoms with Crippen molar-refractivity contribution < 1.29 is 14.3 Å². The number of carbonyl (C=O) groups is 2. The van der Waals surface area contributed by atoms with Gasteiger partial charge >= 0.3 is 5.97 Å². The standard InChI is InChI=1S/C18H32N4O3.HI/c1-14-6-4-5-11-22(14)16(23)7-10-20-18(19-2)21-12-8-15(9-13-21)17(24)25-3;/h14-15H,4-13H2,1-3H3,(H,19,20);1H. The molecule has 0 radical (unpaired) electrons. The molecule has 7 nitrogen and oxygen atoms in total. The summed E-state index contributed by atoms with van der Waals surface area (Å²) in [6.45, 7) is 5.16.